The Morgan fingerprint density at radius 2 is 1.94 bits per heavy atom. The van der Waals surface area contributed by atoms with Crippen molar-refractivity contribution in [2.75, 3.05) is 40.0 Å². The van der Waals surface area contributed by atoms with Crippen molar-refractivity contribution in [3.8, 4) is 0 Å². The third-order valence-electron chi connectivity index (χ3n) is 8.74. The Balaban J connectivity index is 1.26. The minimum atomic E-state index is -0.312. The van der Waals surface area contributed by atoms with E-state index in [1.165, 1.54) is 5.57 Å². The molecular formula is C25H39NO6. The van der Waals surface area contributed by atoms with Crippen LogP contribution in [0.15, 0.2) is 11.6 Å². The van der Waals surface area contributed by atoms with Gasteiger partial charge in [-0.2, -0.15) is 0 Å². The largest absolute Gasteiger partial charge is 0.443 e. The van der Waals surface area contributed by atoms with E-state index in [0.29, 0.717) is 0 Å². The molecule has 0 aromatic carbocycles. The van der Waals surface area contributed by atoms with Crippen LogP contribution >= 0.6 is 0 Å². The van der Waals surface area contributed by atoms with Gasteiger partial charge in [-0.3, -0.25) is 0 Å². The second-order valence-corrected chi connectivity index (χ2v) is 11.1. The van der Waals surface area contributed by atoms with Crippen LogP contribution in [0.25, 0.3) is 0 Å². The fourth-order valence-electron chi connectivity index (χ4n) is 6.58. The standard InChI is InChI=1S/C25H39NO6/c1-17(2)5-6-19-23(3,32-19)21-20(28-4)18(7-8-25(21)16-30-25)31-22(27)26-12-9-24(15-26)10-13-29-14-11-24/h5,18-21H,6-16H2,1-4H3/t18?,19-,20?,21?,23+,25?/m1/s1. The highest BCUT2D eigenvalue weighted by molar-refractivity contribution is 5.68. The summed E-state index contributed by atoms with van der Waals surface area (Å²) in [4.78, 5) is 15.0. The molecule has 1 amide bonds. The Labute approximate surface area is 191 Å². The summed E-state index contributed by atoms with van der Waals surface area (Å²) < 4.78 is 30.0. The van der Waals surface area contributed by atoms with Crippen LogP contribution in [0, 0.1) is 11.3 Å². The molecule has 6 atom stereocenters. The highest BCUT2D eigenvalue weighted by Crippen LogP contribution is 2.59. The Morgan fingerprint density at radius 3 is 2.59 bits per heavy atom. The number of ether oxygens (including phenoxy) is 5. The number of rotatable bonds is 5. The molecule has 2 spiro atoms. The zero-order valence-electron chi connectivity index (χ0n) is 20.1. The third-order valence-corrected chi connectivity index (χ3v) is 8.74. The summed E-state index contributed by atoms with van der Waals surface area (Å²) in [5, 5.41) is 0. The summed E-state index contributed by atoms with van der Waals surface area (Å²) in [7, 11) is 1.73. The average molecular weight is 450 g/mol. The predicted molar refractivity (Wildman–Crippen MR) is 118 cm³/mol. The summed E-state index contributed by atoms with van der Waals surface area (Å²) in [6.07, 6.45) is 7.34. The predicted octanol–water partition coefficient (Wildman–Crippen LogP) is 3.70. The molecule has 0 aromatic rings. The molecule has 4 aliphatic heterocycles. The number of likely N-dealkylation sites (tertiary alicyclic amines) is 1. The summed E-state index contributed by atoms with van der Waals surface area (Å²) in [6, 6.07) is 0. The van der Waals surface area contributed by atoms with Gasteiger partial charge in [0.1, 0.15) is 23.4 Å². The quantitative estimate of drug-likeness (QED) is 0.471. The van der Waals surface area contributed by atoms with Crippen molar-refractivity contribution < 1.29 is 28.5 Å². The molecule has 0 radical (unpaired) electrons. The topological polar surface area (TPSA) is 73.1 Å². The molecule has 1 saturated carbocycles. The second kappa shape index (κ2) is 8.26. The molecule has 0 N–H and O–H groups in total. The van der Waals surface area contributed by atoms with E-state index in [1.54, 1.807) is 7.11 Å². The van der Waals surface area contributed by atoms with Gasteiger partial charge in [0.25, 0.3) is 0 Å². The summed E-state index contributed by atoms with van der Waals surface area (Å²) in [6.45, 7) is 10.3. The number of hydrogen-bond acceptors (Lipinski definition) is 6. The molecule has 7 nitrogen and oxygen atoms in total. The van der Waals surface area contributed by atoms with Gasteiger partial charge in [0, 0.05) is 33.4 Å². The van der Waals surface area contributed by atoms with Crippen LogP contribution in [0.2, 0.25) is 0 Å². The molecule has 32 heavy (non-hydrogen) atoms. The molecular weight excluding hydrogens is 410 g/mol. The first-order valence-corrected chi connectivity index (χ1v) is 12.3. The number of carbonyl (C=O) groups is 1. The number of epoxide rings is 2. The van der Waals surface area contributed by atoms with E-state index in [1.807, 2.05) is 4.90 Å². The van der Waals surface area contributed by atoms with Gasteiger partial charge >= 0.3 is 6.09 Å². The van der Waals surface area contributed by atoms with E-state index in [2.05, 4.69) is 26.8 Å². The zero-order valence-corrected chi connectivity index (χ0v) is 20.1. The first-order valence-electron chi connectivity index (χ1n) is 12.3. The molecule has 4 saturated heterocycles. The van der Waals surface area contributed by atoms with Crippen molar-refractivity contribution in [2.45, 2.75) is 88.8 Å². The molecule has 5 fully saturated rings. The highest BCUT2D eigenvalue weighted by Gasteiger charge is 2.72. The molecule has 0 bridgehead atoms. The molecule has 0 aromatic heterocycles. The maximum absolute atomic E-state index is 13.1. The van der Waals surface area contributed by atoms with Gasteiger partial charge in [-0.05, 0) is 64.7 Å². The molecule has 7 heteroatoms. The molecule has 4 unspecified atom stereocenters. The number of nitrogens with zero attached hydrogens (tertiary/aromatic N) is 1. The lowest BCUT2D eigenvalue weighted by atomic mass is 9.68. The van der Waals surface area contributed by atoms with Crippen LogP contribution < -0.4 is 0 Å². The van der Waals surface area contributed by atoms with Crippen molar-refractivity contribution in [1.82, 2.24) is 4.90 Å². The Kier molecular flexibility index (Phi) is 5.84. The Bertz CT molecular complexity index is 754. The van der Waals surface area contributed by atoms with E-state index >= 15 is 0 Å². The summed E-state index contributed by atoms with van der Waals surface area (Å²) >= 11 is 0. The van der Waals surface area contributed by atoms with Gasteiger partial charge < -0.3 is 28.6 Å². The van der Waals surface area contributed by atoms with Gasteiger partial charge in [-0.25, -0.2) is 4.79 Å². The average Bonchev–Trinajstić information content (AvgIpc) is 3.65. The van der Waals surface area contributed by atoms with Crippen LogP contribution in [-0.4, -0.2) is 80.5 Å². The maximum Gasteiger partial charge on any atom is 0.410 e. The monoisotopic (exact) mass is 449 g/mol. The fourth-order valence-corrected chi connectivity index (χ4v) is 6.58. The van der Waals surface area contributed by atoms with Crippen molar-refractivity contribution in [3.63, 3.8) is 0 Å². The van der Waals surface area contributed by atoms with E-state index in [4.69, 9.17) is 23.7 Å². The van der Waals surface area contributed by atoms with Crippen LogP contribution in [0.1, 0.15) is 59.3 Å². The van der Waals surface area contributed by atoms with Crippen LogP contribution in [0.4, 0.5) is 4.79 Å². The van der Waals surface area contributed by atoms with Crippen molar-refractivity contribution in [2.24, 2.45) is 11.3 Å². The smallest absolute Gasteiger partial charge is 0.410 e. The zero-order chi connectivity index (χ0) is 22.6. The van der Waals surface area contributed by atoms with Gasteiger partial charge in [-0.1, -0.05) is 11.6 Å². The van der Waals surface area contributed by atoms with E-state index < -0.39 is 0 Å². The molecule has 180 valence electrons. The second-order valence-electron chi connectivity index (χ2n) is 11.1. The van der Waals surface area contributed by atoms with Crippen LogP contribution in [0.5, 0.6) is 0 Å². The van der Waals surface area contributed by atoms with E-state index in [-0.39, 0.29) is 46.9 Å². The number of amides is 1. The molecule has 4 heterocycles. The first kappa shape index (κ1) is 22.6. The third kappa shape index (κ3) is 3.99. The van der Waals surface area contributed by atoms with Gasteiger partial charge in [0.2, 0.25) is 0 Å². The normalized spacial score (nSPS) is 42.2. The Morgan fingerprint density at radius 1 is 1.19 bits per heavy atom. The summed E-state index contributed by atoms with van der Waals surface area (Å²) in [5.74, 6) is 0.0579. The molecule has 5 aliphatic rings. The van der Waals surface area contributed by atoms with Crippen molar-refractivity contribution in [3.05, 3.63) is 11.6 Å². The first-order chi connectivity index (χ1) is 15.3. The van der Waals surface area contributed by atoms with Gasteiger partial charge in [0.05, 0.1) is 18.6 Å². The lowest BCUT2D eigenvalue weighted by Gasteiger charge is -2.43. The lowest BCUT2D eigenvalue weighted by molar-refractivity contribution is -0.121. The maximum atomic E-state index is 13.1. The minimum absolute atomic E-state index is 0.0579. The number of allylic oxidation sites excluding steroid dienone is 1. The summed E-state index contributed by atoms with van der Waals surface area (Å²) in [5.41, 5.74) is 1.00. The Hall–Kier alpha value is -1.15. The fraction of sp³-hybridized carbons (Fsp3) is 0.880. The SMILES string of the molecule is COC1C(OC(=O)N2CCC3(CCOCC3)C2)CCC2(CO2)C1[C@@]1(C)O[C@@H]1CC=C(C)C. The molecule has 5 rings (SSSR count). The van der Waals surface area contributed by atoms with Crippen molar-refractivity contribution >= 4 is 6.09 Å². The minimum Gasteiger partial charge on any atom is -0.443 e. The van der Waals surface area contributed by atoms with Crippen molar-refractivity contribution in [1.29, 1.82) is 0 Å². The highest BCUT2D eigenvalue weighted by atomic mass is 16.6. The number of carbonyl (C=O) groups excluding carboxylic acids is 1. The molecule has 1 aliphatic carbocycles. The van der Waals surface area contributed by atoms with Gasteiger partial charge in [0.15, 0.2) is 0 Å². The van der Waals surface area contributed by atoms with E-state index in [9.17, 15) is 4.79 Å². The number of hydrogen-bond donors (Lipinski definition) is 0. The van der Waals surface area contributed by atoms with Crippen LogP contribution in [0.3, 0.4) is 0 Å². The van der Waals surface area contributed by atoms with E-state index in [0.717, 1.165) is 71.4 Å². The van der Waals surface area contributed by atoms with Gasteiger partial charge in [-0.15, -0.1) is 0 Å². The lowest BCUT2D eigenvalue weighted by Crippen LogP contribution is -2.56. The van der Waals surface area contributed by atoms with Crippen LogP contribution in [-0.2, 0) is 23.7 Å². The number of methoxy groups -OCH3 is 1.